The first kappa shape index (κ1) is 7.49. The summed E-state index contributed by atoms with van der Waals surface area (Å²) in [7, 11) is 0. The van der Waals surface area contributed by atoms with E-state index in [2.05, 4.69) is 26.7 Å². The van der Waals surface area contributed by atoms with Gasteiger partial charge >= 0.3 is 0 Å². The topological polar surface area (TPSA) is 63.7 Å². The van der Waals surface area contributed by atoms with E-state index in [4.69, 9.17) is 4.74 Å². The average Bonchev–Trinajstić information content (AvgIpc) is 2.86. The molecule has 1 aliphatic heterocycles. The second kappa shape index (κ2) is 2.80. The van der Waals surface area contributed by atoms with Gasteiger partial charge in [0.05, 0.1) is 0 Å². The number of H-pyrrole nitrogens is 1. The molecule has 1 N–H and O–H groups in total. The lowest BCUT2D eigenvalue weighted by Gasteiger charge is -2.03. The monoisotopic (exact) mass is 188 g/mol. The van der Waals surface area contributed by atoms with Crippen LogP contribution in [0.15, 0.2) is 24.3 Å². The van der Waals surface area contributed by atoms with Crippen molar-refractivity contribution in [1.29, 1.82) is 0 Å². The van der Waals surface area contributed by atoms with Crippen LogP contribution in [0.3, 0.4) is 0 Å². The molecule has 3 rings (SSSR count). The zero-order valence-electron chi connectivity index (χ0n) is 7.34. The summed E-state index contributed by atoms with van der Waals surface area (Å²) in [6.07, 6.45) is 0.724. The number of benzene rings is 1. The zero-order valence-corrected chi connectivity index (χ0v) is 7.34. The summed E-state index contributed by atoms with van der Waals surface area (Å²) in [5.41, 5.74) is 1.20. The third kappa shape index (κ3) is 1.06. The predicted octanol–water partition coefficient (Wildman–Crippen LogP) is 0.876. The minimum atomic E-state index is -0.0915. The van der Waals surface area contributed by atoms with Gasteiger partial charge in [-0.2, -0.15) is 5.21 Å². The molecular formula is C9H8N4O. The Morgan fingerprint density at radius 3 is 3.07 bits per heavy atom. The maximum atomic E-state index is 5.67. The summed E-state index contributed by atoms with van der Waals surface area (Å²) < 4.78 is 5.67. The van der Waals surface area contributed by atoms with Crippen molar-refractivity contribution in [2.45, 2.75) is 12.5 Å². The second-order valence-electron chi connectivity index (χ2n) is 3.19. The third-order valence-corrected chi connectivity index (χ3v) is 2.30. The van der Waals surface area contributed by atoms with Crippen LogP contribution in [-0.4, -0.2) is 20.6 Å². The van der Waals surface area contributed by atoms with E-state index < -0.39 is 0 Å². The van der Waals surface area contributed by atoms with E-state index in [1.807, 2.05) is 18.2 Å². The summed E-state index contributed by atoms with van der Waals surface area (Å²) in [6.45, 7) is 0. The average molecular weight is 188 g/mol. The number of ether oxygens (including phenoxy) is 1. The van der Waals surface area contributed by atoms with Crippen LogP contribution in [0.2, 0.25) is 0 Å². The molecule has 1 unspecified atom stereocenters. The maximum Gasteiger partial charge on any atom is 0.215 e. The highest BCUT2D eigenvalue weighted by atomic mass is 16.5. The van der Waals surface area contributed by atoms with Crippen LogP contribution in [-0.2, 0) is 6.42 Å². The summed E-state index contributed by atoms with van der Waals surface area (Å²) in [5, 5.41) is 13.8. The van der Waals surface area contributed by atoms with Crippen LogP contribution in [0.5, 0.6) is 5.75 Å². The Hall–Kier alpha value is -1.91. The molecule has 0 spiro atoms. The fraction of sp³-hybridized carbons (Fsp3) is 0.222. The molecule has 2 aromatic rings. The van der Waals surface area contributed by atoms with E-state index in [0.29, 0.717) is 5.82 Å². The van der Waals surface area contributed by atoms with Crippen LogP contribution < -0.4 is 4.74 Å². The van der Waals surface area contributed by atoms with Gasteiger partial charge < -0.3 is 4.74 Å². The Morgan fingerprint density at radius 1 is 1.36 bits per heavy atom. The molecule has 0 bridgehead atoms. The molecule has 1 aromatic heterocycles. The highest BCUT2D eigenvalue weighted by molar-refractivity contribution is 5.37. The number of rotatable bonds is 1. The number of hydrogen-bond acceptors (Lipinski definition) is 4. The van der Waals surface area contributed by atoms with Crippen LogP contribution in [0, 0.1) is 0 Å². The summed E-state index contributed by atoms with van der Waals surface area (Å²) >= 11 is 0. The smallest absolute Gasteiger partial charge is 0.215 e. The van der Waals surface area contributed by atoms with E-state index >= 15 is 0 Å². The number of tetrazole rings is 1. The van der Waals surface area contributed by atoms with Crippen molar-refractivity contribution in [3.8, 4) is 5.75 Å². The number of para-hydroxylation sites is 1. The van der Waals surface area contributed by atoms with Crippen LogP contribution in [0.25, 0.3) is 0 Å². The van der Waals surface area contributed by atoms with Gasteiger partial charge in [0.2, 0.25) is 5.82 Å². The van der Waals surface area contributed by atoms with Gasteiger partial charge in [0.25, 0.3) is 0 Å². The molecule has 1 atom stereocenters. The molecule has 5 nitrogen and oxygen atoms in total. The van der Waals surface area contributed by atoms with Crippen LogP contribution in [0.1, 0.15) is 17.5 Å². The SMILES string of the molecule is c1ccc2c(c1)CC(c1nn[nH]n1)O2. The number of aromatic amines is 1. The van der Waals surface area contributed by atoms with Gasteiger partial charge in [-0.15, -0.1) is 10.2 Å². The van der Waals surface area contributed by atoms with Gasteiger partial charge in [-0.05, 0) is 11.6 Å². The van der Waals surface area contributed by atoms with Gasteiger partial charge in [0.15, 0.2) is 6.10 Å². The van der Waals surface area contributed by atoms with Crippen molar-refractivity contribution in [3.05, 3.63) is 35.7 Å². The Labute approximate surface area is 80.1 Å². The summed E-state index contributed by atoms with van der Waals surface area (Å²) in [5.74, 6) is 1.53. The Morgan fingerprint density at radius 2 is 2.29 bits per heavy atom. The van der Waals surface area contributed by atoms with Gasteiger partial charge in [0.1, 0.15) is 5.75 Å². The number of fused-ring (bicyclic) bond motifs is 1. The van der Waals surface area contributed by atoms with Crippen molar-refractivity contribution >= 4 is 0 Å². The summed E-state index contributed by atoms with van der Waals surface area (Å²) in [6, 6.07) is 7.96. The molecule has 1 aromatic carbocycles. The molecule has 0 fully saturated rings. The predicted molar refractivity (Wildman–Crippen MR) is 47.7 cm³/mol. The maximum absolute atomic E-state index is 5.67. The van der Waals surface area contributed by atoms with Crippen molar-refractivity contribution < 1.29 is 4.74 Å². The Kier molecular flexibility index (Phi) is 1.50. The molecule has 0 amide bonds. The molecule has 2 heterocycles. The van der Waals surface area contributed by atoms with Crippen molar-refractivity contribution in [1.82, 2.24) is 20.6 Å². The molecule has 70 valence electrons. The van der Waals surface area contributed by atoms with Crippen molar-refractivity contribution in [2.75, 3.05) is 0 Å². The normalized spacial score (nSPS) is 19.0. The minimum Gasteiger partial charge on any atom is -0.482 e. The highest BCUT2D eigenvalue weighted by Crippen LogP contribution is 2.34. The fourth-order valence-corrected chi connectivity index (χ4v) is 1.63. The standard InChI is InChI=1S/C9H8N4O/c1-2-4-7-6(3-1)5-8(14-7)9-10-12-13-11-9/h1-4,8H,5H2,(H,10,11,12,13). The molecule has 0 saturated heterocycles. The van der Waals surface area contributed by atoms with E-state index in [9.17, 15) is 0 Å². The summed E-state index contributed by atoms with van der Waals surface area (Å²) in [4.78, 5) is 0. The third-order valence-electron chi connectivity index (χ3n) is 2.30. The fourth-order valence-electron chi connectivity index (χ4n) is 1.63. The molecule has 0 saturated carbocycles. The molecule has 1 aliphatic rings. The van der Waals surface area contributed by atoms with Gasteiger partial charge in [-0.3, -0.25) is 0 Å². The highest BCUT2D eigenvalue weighted by Gasteiger charge is 2.26. The first-order chi connectivity index (χ1) is 6.93. The Balaban J connectivity index is 1.92. The van der Waals surface area contributed by atoms with Gasteiger partial charge in [-0.25, -0.2) is 0 Å². The molecular weight excluding hydrogens is 180 g/mol. The largest absolute Gasteiger partial charge is 0.482 e. The van der Waals surface area contributed by atoms with E-state index in [0.717, 1.165) is 12.2 Å². The zero-order chi connectivity index (χ0) is 9.38. The minimum absolute atomic E-state index is 0.0915. The van der Waals surface area contributed by atoms with Crippen LogP contribution in [0.4, 0.5) is 0 Å². The quantitative estimate of drug-likeness (QED) is 0.721. The Bertz CT molecular complexity index is 415. The van der Waals surface area contributed by atoms with E-state index in [-0.39, 0.29) is 6.10 Å². The molecule has 0 aliphatic carbocycles. The molecule has 0 radical (unpaired) electrons. The van der Waals surface area contributed by atoms with Crippen LogP contribution >= 0.6 is 0 Å². The number of nitrogens with one attached hydrogen (secondary N) is 1. The molecule has 5 heteroatoms. The number of hydrogen-bond donors (Lipinski definition) is 1. The van der Waals surface area contributed by atoms with E-state index in [1.54, 1.807) is 0 Å². The second-order valence-corrected chi connectivity index (χ2v) is 3.19. The lowest BCUT2D eigenvalue weighted by Crippen LogP contribution is -2.05. The first-order valence-corrected chi connectivity index (χ1v) is 4.41. The molecule has 14 heavy (non-hydrogen) atoms. The van der Waals surface area contributed by atoms with Crippen molar-refractivity contribution in [3.63, 3.8) is 0 Å². The first-order valence-electron chi connectivity index (χ1n) is 4.41. The van der Waals surface area contributed by atoms with Gasteiger partial charge in [0, 0.05) is 6.42 Å². The van der Waals surface area contributed by atoms with E-state index in [1.165, 1.54) is 5.56 Å². The number of aromatic nitrogens is 4. The lowest BCUT2D eigenvalue weighted by atomic mass is 10.1. The van der Waals surface area contributed by atoms with Crippen molar-refractivity contribution in [2.24, 2.45) is 0 Å². The number of nitrogens with zero attached hydrogens (tertiary/aromatic N) is 3. The van der Waals surface area contributed by atoms with Gasteiger partial charge in [-0.1, -0.05) is 23.4 Å². The lowest BCUT2D eigenvalue weighted by molar-refractivity contribution is 0.227.